The summed E-state index contributed by atoms with van der Waals surface area (Å²) in [4.78, 5) is 4.14. The van der Waals surface area contributed by atoms with E-state index in [0.717, 1.165) is 11.1 Å². The van der Waals surface area contributed by atoms with Gasteiger partial charge in [0, 0.05) is 25.2 Å². The number of aliphatic imine (C=N–C) groups is 1. The molecule has 0 spiro atoms. The average molecular weight is 522 g/mol. The van der Waals surface area contributed by atoms with Gasteiger partial charge in [0.05, 0.1) is 11.5 Å². The zero-order valence-corrected chi connectivity index (χ0v) is 19.1. The maximum atomic E-state index is 12.2. The van der Waals surface area contributed by atoms with Gasteiger partial charge in [-0.1, -0.05) is 54.1 Å². The number of nitrogens with zero attached hydrogens (tertiary/aromatic N) is 1. The zero-order chi connectivity index (χ0) is 18.8. The summed E-state index contributed by atoms with van der Waals surface area (Å²) in [5, 5.41) is 7.00. The standard InChI is InChI=1S/C19H24ClN3O2S.HI/c1-21-19(23-14-17-9-5-10-18(20)13-17)22-11-6-12-26(24,25)15-16-7-3-2-4-8-16;/h2-5,7-10,13H,6,11-12,14-15H2,1H3,(H2,21,22,23);1H. The van der Waals surface area contributed by atoms with Crippen molar-refractivity contribution >= 4 is 51.4 Å². The van der Waals surface area contributed by atoms with Crippen LogP contribution in [0.15, 0.2) is 59.6 Å². The van der Waals surface area contributed by atoms with E-state index in [1.54, 1.807) is 7.05 Å². The molecule has 27 heavy (non-hydrogen) atoms. The molecule has 0 unspecified atom stereocenters. The number of benzene rings is 2. The normalized spacial score (nSPS) is 11.6. The topological polar surface area (TPSA) is 70.6 Å². The number of nitrogens with one attached hydrogen (secondary N) is 2. The van der Waals surface area contributed by atoms with E-state index >= 15 is 0 Å². The van der Waals surface area contributed by atoms with Gasteiger partial charge in [0.1, 0.15) is 0 Å². The third-order valence-electron chi connectivity index (χ3n) is 3.73. The maximum absolute atomic E-state index is 12.2. The number of hydrogen-bond donors (Lipinski definition) is 2. The predicted molar refractivity (Wildman–Crippen MR) is 124 cm³/mol. The summed E-state index contributed by atoms with van der Waals surface area (Å²) in [5.74, 6) is 0.848. The van der Waals surface area contributed by atoms with Gasteiger partial charge < -0.3 is 10.6 Å². The molecule has 148 valence electrons. The smallest absolute Gasteiger partial charge is 0.191 e. The zero-order valence-electron chi connectivity index (χ0n) is 15.2. The predicted octanol–water partition coefficient (Wildman–Crippen LogP) is 3.63. The molecule has 0 fully saturated rings. The van der Waals surface area contributed by atoms with Gasteiger partial charge in [-0.15, -0.1) is 24.0 Å². The van der Waals surface area contributed by atoms with Gasteiger partial charge in [-0.25, -0.2) is 8.42 Å². The van der Waals surface area contributed by atoms with E-state index < -0.39 is 9.84 Å². The highest BCUT2D eigenvalue weighted by Gasteiger charge is 2.11. The molecule has 2 aromatic carbocycles. The van der Waals surface area contributed by atoms with E-state index in [1.807, 2.05) is 54.6 Å². The van der Waals surface area contributed by atoms with Crippen molar-refractivity contribution in [3.8, 4) is 0 Å². The van der Waals surface area contributed by atoms with Crippen LogP contribution in [0.4, 0.5) is 0 Å². The summed E-state index contributed by atoms with van der Waals surface area (Å²) in [6.07, 6.45) is 0.521. The molecule has 0 atom stereocenters. The lowest BCUT2D eigenvalue weighted by Crippen LogP contribution is -2.37. The molecule has 0 amide bonds. The van der Waals surface area contributed by atoms with Gasteiger partial charge in [0.15, 0.2) is 15.8 Å². The molecule has 0 aliphatic carbocycles. The number of guanidine groups is 1. The Bertz CT molecular complexity index is 830. The van der Waals surface area contributed by atoms with Crippen LogP contribution < -0.4 is 10.6 Å². The SMILES string of the molecule is CN=C(NCCCS(=O)(=O)Cc1ccccc1)NCc1cccc(Cl)c1.I. The van der Waals surface area contributed by atoms with Crippen molar-refractivity contribution < 1.29 is 8.42 Å². The van der Waals surface area contributed by atoms with Crippen LogP contribution in [-0.2, 0) is 22.1 Å². The first kappa shape index (κ1) is 23.7. The molecule has 2 aromatic rings. The summed E-state index contributed by atoms with van der Waals surface area (Å²) >= 11 is 5.97. The Morgan fingerprint density at radius 1 is 1.04 bits per heavy atom. The van der Waals surface area contributed by atoms with E-state index in [9.17, 15) is 8.42 Å². The van der Waals surface area contributed by atoms with Crippen molar-refractivity contribution in [1.29, 1.82) is 0 Å². The fraction of sp³-hybridized carbons (Fsp3) is 0.316. The number of hydrogen-bond acceptors (Lipinski definition) is 3. The molecular formula is C19H25ClIN3O2S. The molecule has 0 radical (unpaired) electrons. The quantitative estimate of drug-likeness (QED) is 0.241. The highest BCUT2D eigenvalue weighted by Crippen LogP contribution is 2.10. The minimum absolute atomic E-state index is 0. The molecule has 0 saturated carbocycles. The Labute approximate surface area is 183 Å². The van der Waals surface area contributed by atoms with Crippen LogP contribution in [0.1, 0.15) is 17.5 Å². The average Bonchev–Trinajstić information content (AvgIpc) is 2.61. The fourth-order valence-electron chi connectivity index (χ4n) is 2.45. The van der Waals surface area contributed by atoms with Gasteiger partial charge >= 0.3 is 0 Å². The summed E-state index contributed by atoms with van der Waals surface area (Å²) in [7, 11) is -1.43. The minimum Gasteiger partial charge on any atom is -0.356 e. The molecule has 2 N–H and O–H groups in total. The molecule has 8 heteroatoms. The van der Waals surface area contributed by atoms with Crippen LogP contribution >= 0.6 is 35.6 Å². The monoisotopic (exact) mass is 521 g/mol. The van der Waals surface area contributed by atoms with Crippen molar-refractivity contribution in [3.05, 3.63) is 70.7 Å². The Hall–Kier alpha value is -1.32. The van der Waals surface area contributed by atoms with Gasteiger partial charge in [0.25, 0.3) is 0 Å². The summed E-state index contributed by atoms with van der Waals surface area (Å²) in [6.45, 7) is 1.12. The number of sulfone groups is 1. The lowest BCUT2D eigenvalue weighted by molar-refractivity contribution is 0.591. The first-order valence-corrected chi connectivity index (χ1v) is 10.6. The van der Waals surface area contributed by atoms with Gasteiger partial charge in [0.2, 0.25) is 0 Å². The van der Waals surface area contributed by atoms with E-state index in [-0.39, 0.29) is 35.5 Å². The Morgan fingerprint density at radius 3 is 2.41 bits per heavy atom. The molecule has 5 nitrogen and oxygen atoms in total. The summed E-state index contributed by atoms with van der Waals surface area (Å²) < 4.78 is 24.3. The van der Waals surface area contributed by atoms with Crippen LogP contribution in [0.25, 0.3) is 0 Å². The summed E-state index contributed by atoms with van der Waals surface area (Å²) in [5.41, 5.74) is 1.87. The van der Waals surface area contributed by atoms with E-state index in [0.29, 0.717) is 30.5 Å². The van der Waals surface area contributed by atoms with Crippen molar-refractivity contribution in [2.75, 3.05) is 19.3 Å². The second kappa shape index (κ2) is 12.2. The second-order valence-corrected chi connectivity index (χ2v) is 8.53. The maximum Gasteiger partial charge on any atom is 0.191 e. The van der Waals surface area contributed by atoms with Gasteiger partial charge in [-0.05, 0) is 29.7 Å². The lowest BCUT2D eigenvalue weighted by atomic mass is 10.2. The molecular weight excluding hydrogens is 497 g/mol. The van der Waals surface area contributed by atoms with E-state index in [2.05, 4.69) is 15.6 Å². The first-order valence-electron chi connectivity index (χ1n) is 8.42. The van der Waals surface area contributed by atoms with Crippen LogP contribution in [0.5, 0.6) is 0 Å². The molecule has 0 heterocycles. The van der Waals surface area contributed by atoms with Crippen LogP contribution in [0.2, 0.25) is 5.02 Å². The van der Waals surface area contributed by atoms with Crippen LogP contribution in [-0.4, -0.2) is 33.7 Å². The Morgan fingerprint density at radius 2 is 1.74 bits per heavy atom. The molecule has 0 saturated heterocycles. The molecule has 0 aliphatic heterocycles. The largest absolute Gasteiger partial charge is 0.356 e. The molecule has 2 rings (SSSR count). The second-order valence-electron chi connectivity index (χ2n) is 5.91. The Kier molecular flexibility index (Phi) is 10.7. The molecule has 0 aromatic heterocycles. The van der Waals surface area contributed by atoms with Gasteiger partial charge in [-0.3, -0.25) is 4.99 Å². The van der Waals surface area contributed by atoms with Crippen molar-refractivity contribution in [1.82, 2.24) is 10.6 Å². The molecule has 0 bridgehead atoms. The highest BCUT2D eigenvalue weighted by molar-refractivity contribution is 14.0. The van der Waals surface area contributed by atoms with Crippen molar-refractivity contribution in [2.24, 2.45) is 4.99 Å². The third-order valence-corrected chi connectivity index (χ3v) is 5.65. The van der Waals surface area contributed by atoms with E-state index in [1.165, 1.54) is 0 Å². The Balaban J connectivity index is 0.00000364. The van der Waals surface area contributed by atoms with E-state index in [4.69, 9.17) is 11.6 Å². The van der Waals surface area contributed by atoms with Crippen LogP contribution in [0, 0.1) is 0 Å². The lowest BCUT2D eigenvalue weighted by Gasteiger charge is -2.12. The van der Waals surface area contributed by atoms with Gasteiger partial charge in [-0.2, -0.15) is 0 Å². The highest BCUT2D eigenvalue weighted by atomic mass is 127. The van der Waals surface area contributed by atoms with Crippen LogP contribution in [0.3, 0.4) is 0 Å². The van der Waals surface area contributed by atoms with Crippen molar-refractivity contribution in [2.45, 2.75) is 18.7 Å². The number of rotatable bonds is 8. The van der Waals surface area contributed by atoms with Crippen molar-refractivity contribution in [3.63, 3.8) is 0 Å². The summed E-state index contributed by atoms with van der Waals surface area (Å²) in [6, 6.07) is 16.8. The fourth-order valence-corrected chi connectivity index (χ4v) is 4.09. The third kappa shape index (κ3) is 9.44. The number of halogens is 2. The molecule has 0 aliphatic rings. The minimum atomic E-state index is -3.11. The first-order chi connectivity index (χ1) is 12.5.